The number of hydrogen-bond acceptors (Lipinski definition) is 3. The number of amides is 1. The van der Waals surface area contributed by atoms with E-state index in [4.69, 9.17) is 5.73 Å². The lowest BCUT2D eigenvalue weighted by atomic mass is 9.81. The predicted molar refractivity (Wildman–Crippen MR) is 102 cm³/mol. The Morgan fingerprint density at radius 3 is 2.28 bits per heavy atom. The molecule has 0 aromatic heterocycles. The number of carbonyl (C=O) groups is 1. The van der Waals surface area contributed by atoms with Crippen LogP contribution in [0.3, 0.4) is 0 Å². The summed E-state index contributed by atoms with van der Waals surface area (Å²) in [7, 11) is 0. The van der Waals surface area contributed by atoms with Crippen molar-refractivity contribution >= 4 is 5.91 Å². The summed E-state index contributed by atoms with van der Waals surface area (Å²) in [4.78, 5) is 15.5. The zero-order valence-corrected chi connectivity index (χ0v) is 15.7. The van der Waals surface area contributed by atoms with Gasteiger partial charge in [0, 0.05) is 31.2 Å². The van der Waals surface area contributed by atoms with E-state index in [1.807, 2.05) is 0 Å². The van der Waals surface area contributed by atoms with Crippen LogP contribution in [0.25, 0.3) is 0 Å². The number of nitrogens with two attached hydrogens (primary N) is 1. The number of benzene rings is 1. The highest BCUT2D eigenvalue weighted by molar-refractivity contribution is 5.83. The average Bonchev–Trinajstić information content (AvgIpc) is 2.87. The van der Waals surface area contributed by atoms with Gasteiger partial charge in [-0.05, 0) is 44.1 Å². The molecule has 25 heavy (non-hydrogen) atoms. The number of rotatable bonds is 7. The number of nitrogens with one attached hydrogen (secondary N) is 1. The van der Waals surface area contributed by atoms with Crippen molar-refractivity contribution in [3.63, 3.8) is 0 Å². The maximum atomic E-state index is 12.8. The predicted octanol–water partition coefficient (Wildman–Crippen LogP) is 3.06. The first-order valence-electron chi connectivity index (χ1n) is 9.92. The Balaban J connectivity index is 1.61. The number of hydrogen-bond donors (Lipinski definition) is 2. The second-order valence-electron chi connectivity index (χ2n) is 7.88. The Morgan fingerprint density at radius 1 is 1.16 bits per heavy atom. The van der Waals surface area contributed by atoms with Crippen molar-refractivity contribution in [3.05, 3.63) is 35.9 Å². The van der Waals surface area contributed by atoms with Gasteiger partial charge in [-0.15, -0.1) is 0 Å². The van der Waals surface area contributed by atoms with Crippen molar-refractivity contribution in [2.24, 2.45) is 11.1 Å². The van der Waals surface area contributed by atoms with E-state index in [-0.39, 0.29) is 11.3 Å². The molecule has 2 aliphatic heterocycles. The van der Waals surface area contributed by atoms with Gasteiger partial charge in [-0.3, -0.25) is 9.69 Å². The van der Waals surface area contributed by atoms with Crippen molar-refractivity contribution in [2.75, 3.05) is 6.54 Å². The fourth-order valence-corrected chi connectivity index (χ4v) is 4.74. The van der Waals surface area contributed by atoms with Gasteiger partial charge in [0.05, 0.1) is 5.41 Å². The van der Waals surface area contributed by atoms with E-state index in [0.29, 0.717) is 24.7 Å². The molecule has 2 unspecified atom stereocenters. The van der Waals surface area contributed by atoms with Crippen LogP contribution in [0.2, 0.25) is 0 Å². The molecule has 3 rings (SSSR count). The molecule has 2 fully saturated rings. The number of nitrogens with zero attached hydrogens (tertiary/aromatic N) is 1. The van der Waals surface area contributed by atoms with Crippen LogP contribution in [0.5, 0.6) is 0 Å². The van der Waals surface area contributed by atoms with E-state index in [1.165, 1.54) is 18.4 Å². The highest BCUT2D eigenvalue weighted by atomic mass is 16.2. The summed E-state index contributed by atoms with van der Waals surface area (Å²) >= 11 is 0. The minimum absolute atomic E-state index is 0.168. The lowest BCUT2D eigenvalue weighted by molar-refractivity contribution is -0.132. The summed E-state index contributed by atoms with van der Waals surface area (Å²) in [5.41, 5.74) is 6.94. The molecule has 2 heterocycles. The second-order valence-corrected chi connectivity index (χ2v) is 7.88. The molecule has 1 aromatic rings. The van der Waals surface area contributed by atoms with Gasteiger partial charge >= 0.3 is 0 Å². The van der Waals surface area contributed by atoms with E-state index < -0.39 is 0 Å². The molecule has 3 N–H and O–H groups in total. The fraction of sp³-hybridized carbons (Fsp3) is 0.667. The van der Waals surface area contributed by atoms with E-state index in [2.05, 4.69) is 54.4 Å². The summed E-state index contributed by atoms with van der Waals surface area (Å²) in [5.74, 6) is 0.168. The Hall–Kier alpha value is -1.39. The third-order valence-corrected chi connectivity index (χ3v) is 6.65. The first-order chi connectivity index (χ1) is 12.1. The molecule has 2 atom stereocenters. The van der Waals surface area contributed by atoms with Gasteiger partial charge in [0.1, 0.15) is 0 Å². The highest BCUT2D eigenvalue weighted by Gasteiger charge is 2.42. The van der Waals surface area contributed by atoms with Crippen LogP contribution in [0.15, 0.2) is 30.3 Å². The van der Waals surface area contributed by atoms with Gasteiger partial charge in [0.25, 0.3) is 0 Å². The van der Waals surface area contributed by atoms with E-state index >= 15 is 0 Å². The molecule has 1 amide bonds. The zero-order chi connectivity index (χ0) is 17.9. The summed E-state index contributed by atoms with van der Waals surface area (Å²) < 4.78 is 0. The molecule has 0 aliphatic carbocycles. The molecule has 2 bridgehead atoms. The Bertz CT molecular complexity index is 547. The molecule has 0 spiro atoms. The van der Waals surface area contributed by atoms with Crippen LogP contribution in [0, 0.1) is 5.41 Å². The summed E-state index contributed by atoms with van der Waals surface area (Å²) in [6, 6.07) is 12.2. The van der Waals surface area contributed by atoms with Gasteiger partial charge in [0.2, 0.25) is 5.91 Å². The van der Waals surface area contributed by atoms with Crippen LogP contribution in [0.1, 0.15) is 57.9 Å². The lowest BCUT2D eigenvalue weighted by Crippen LogP contribution is -2.54. The highest BCUT2D eigenvalue weighted by Crippen LogP contribution is 2.37. The van der Waals surface area contributed by atoms with Gasteiger partial charge in [-0.2, -0.15) is 0 Å². The molecule has 138 valence electrons. The topological polar surface area (TPSA) is 58.4 Å². The van der Waals surface area contributed by atoms with E-state index in [1.54, 1.807) is 0 Å². The number of piperidine rings is 1. The molecule has 4 nitrogen and oxygen atoms in total. The zero-order valence-electron chi connectivity index (χ0n) is 15.7. The third kappa shape index (κ3) is 3.75. The van der Waals surface area contributed by atoms with Crippen molar-refractivity contribution in [1.82, 2.24) is 10.2 Å². The van der Waals surface area contributed by atoms with Gasteiger partial charge in [0.15, 0.2) is 0 Å². The first-order valence-corrected chi connectivity index (χ1v) is 9.92. The minimum atomic E-state index is -0.389. The maximum absolute atomic E-state index is 12.8. The van der Waals surface area contributed by atoms with Crippen molar-refractivity contribution < 1.29 is 4.79 Å². The van der Waals surface area contributed by atoms with Crippen LogP contribution in [-0.2, 0) is 11.3 Å². The van der Waals surface area contributed by atoms with Crippen molar-refractivity contribution in [2.45, 2.75) is 77.0 Å². The lowest BCUT2D eigenvalue weighted by Gasteiger charge is -2.40. The van der Waals surface area contributed by atoms with E-state index in [9.17, 15) is 4.79 Å². The molecule has 0 saturated carbocycles. The Kier molecular flexibility index (Phi) is 5.80. The maximum Gasteiger partial charge on any atom is 0.227 e. The van der Waals surface area contributed by atoms with Crippen LogP contribution >= 0.6 is 0 Å². The Morgan fingerprint density at radius 2 is 1.76 bits per heavy atom. The van der Waals surface area contributed by atoms with Crippen LogP contribution in [-0.4, -0.2) is 35.5 Å². The number of fused-ring (bicyclic) bond motifs is 2. The normalized spacial score (nSPS) is 26.6. The second kappa shape index (κ2) is 7.88. The monoisotopic (exact) mass is 343 g/mol. The molecule has 2 saturated heterocycles. The van der Waals surface area contributed by atoms with Crippen molar-refractivity contribution in [3.8, 4) is 0 Å². The van der Waals surface area contributed by atoms with Crippen LogP contribution in [0.4, 0.5) is 0 Å². The van der Waals surface area contributed by atoms with Crippen molar-refractivity contribution in [1.29, 1.82) is 0 Å². The number of carbonyl (C=O) groups excluding carboxylic acids is 1. The summed E-state index contributed by atoms with van der Waals surface area (Å²) in [5, 5.41) is 3.35. The smallest absolute Gasteiger partial charge is 0.227 e. The van der Waals surface area contributed by atoms with Gasteiger partial charge in [-0.1, -0.05) is 44.2 Å². The summed E-state index contributed by atoms with van der Waals surface area (Å²) in [6.07, 6.45) is 6.28. The molecular formula is C21H33N3O. The van der Waals surface area contributed by atoms with E-state index in [0.717, 1.165) is 32.2 Å². The quantitative estimate of drug-likeness (QED) is 0.800. The largest absolute Gasteiger partial charge is 0.353 e. The molecule has 1 aromatic carbocycles. The van der Waals surface area contributed by atoms with Gasteiger partial charge in [-0.25, -0.2) is 0 Å². The summed E-state index contributed by atoms with van der Waals surface area (Å²) in [6.45, 7) is 5.61. The first kappa shape index (κ1) is 18.4. The SMILES string of the molecule is CCC(CC)(CN)C(=O)NC1CC2CCC(C1)N2Cc1ccccc1. The molecule has 0 radical (unpaired) electrons. The molecule has 4 heteroatoms. The average molecular weight is 344 g/mol. The van der Waals surface area contributed by atoms with Gasteiger partial charge < -0.3 is 11.1 Å². The van der Waals surface area contributed by atoms with Crippen LogP contribution < -0.4 is 11.1 Å². The fourth-order valence-electron chi connectivity index (χ4n) is 4.74. The third-order valence-electron chi connectivity index (χ3n) is 6.65. The molecule has 2 aliphatic rings. The standard InChI is InChI=1S/C21H33N3O/c1-3-21(4-2,15-22)20(25)23-17-12-18-10-11-19(13-17)24(18)14-16-8-6-5-7-9-16/h5-9,17-19H,3-4,10-15,22H2,1-2H3,(H,23,25). The minimum Gasteiger partial charge on any atom is -0.353 e. The Labute approximate surface area is 152 Å². The molecular weight excluding hydrogens is 310 g/mol.